The minimum Gasteiger partial charge on any atom is -0.310 e. The van der Waals surface area contributed by atoms with Crippen molar-refractivity contribution < 1.29 is 4.79 Å². The highest BCUT2D eigenvalue weighted by Gasteiger charge is 2.30. The number of nitrogens with zero attached hydrogens (tertiary/aromatic N) is 2. The van der Waals surface area contributed by atoms with E-state index in [0.717, 1.165) is 0 Å². The maximum Gasteiger partial charge on any atom is 0.228 e. The maximum absolute atomic E-state index is 11.8. The molecule has 1 aromatic rings. The van der Waals surface area contributed by atoms with Crippen LogP contribution in [0.1, 0.15) is 12.0 Å². The van der Waals surface area contributed by atoms with E-state index in [0.29, 0.717) is 29.2 Å². The van der Waals surface area contributed by atoms with Gasteiger partial charge in [0.15, 0.2) is 0 Å². The minimum atomic E-state index is -0.0793. The van der Waals surface area contributed by atoms with E-state index < -0.39 is 0 Å². The van der Waals surface area contributed by atoms with Crippen molar-refractivity contribution in [3.63, 3.8) is 0 Å². The Morgan fingerprint density at radius 1 is 1.53 bits per heavy atom. The normalized spacial score (nSPS) is 18.9. The number of nitriles is 1. The molecule has 1 aromatic carbocycles. The Hall–Kier alpha value is -1.97. The molecule has 1 aliphatic rings. The van der Waals surface area contributed by atoms with Crippen molar-refractivity contribution in [2.24, 2.45) is 5.92 Å². The molecular weight excluding hydrogens is 236 g/mol. The van der Waals surface area contributed by atoms with Gasteiger partial charge in [0.2, 0.25) is 5.91 Å². The van der Waals surface area contributed by atoms with Crippen molar-refractivity contribution >= 4 is 23.2 Å². The van der Waals surface area contributed by atoms with Crippen LogP contribution >= 0.6 is 11.6 Å². The van der Waals surface area contributed by atoms with Crippen molar-refractivity contribution in [1.29, 1.82) is 5.26 Å². The zero-order chi connectivity index (χ0) is 12.4. The van der Waals surface area contributed by atoms with Crippen LogP contribution in [0.2, 0.25) is 5.02 Å². The molecule has 4 heteroatoms. The summed E-state index contributed by atoms with van der Waals surface area (Å²) < 4.78 is 0. The second-order valence-corrected chi connectivity index (χ2v) is 4.26. The zero-order valence-corrected chi connectivity index (χ0v) is 9.74. The van der Waals surface area contributed by atoms with Crippen LogP contribution in [0.5, 0.6) is 0 Å². The van der Waals surface area contributed by atoms with Crippen LogP contribution in [0.3, 0.4) is 0 Å². The number of carbonyl (C=O) groups is 1. The fourth-order valence-electron chi connectivity index (χ4n) is 1.84. The van der Waals surface area contributed by atoms with Crippen molar-refractivity contribution in [3.8, 4) is 18.4 Å². The lowest BCUT2D eigenvalue weighted by molar-refractivity contribution is -0.117. The number of amides is 1. The van der Waals surface area contributed by atoms with Gasteiger partial charge in [0, 0.05) is 18.9 Å². The van der Waals surface area contributed by atoms with Crippen LogP contribution in [0.15, 0.2) is 18.2 Å². The molecule has 0 aromatic heterocycles. The lowest BCUT2D eigenvalue weighted by atomic mass is 10.1. The highest BCUT2D eigenvalue weighted by atomic mass is 35.5. The molecule has 1 aliphatic heterocycles. The molecular formula is C13H9ClN2O. The minimum absolute atomic E-state index is 0.0510. The molecule has 17 heavy (non-hydrogen) atoms. The summed E-state index contributed by atoms with van der Waals surface area (Å²) in [5.74, 6) is 2.44. The van der Waals surface area contributed by atoms with Gasteiger partial charge < -0.3 is 4.90 Å². The first-order valence-electron chi connectivity index (χ1n) is 5.12. The maximum atomic E-state index is 11.8. The van der Waals surface area contributed by atoms with Crippen LogP contribution in [0, 0.1) is 29.6 Å². The summed E-state index contributed by atoms with van der Waals surface area (Å²) in [6.07, 6.45) is 5.65. The SMILES string of the molecule is C#CC1CC(=O)N(c2cc(C#N)ccc2Cl)C1. The first kappa shape index (κ1) is 11.5. The number of carbonyl (C=O) groups excluding carboxylic acids is 1. The van der Waals surface area contributed by atoms with Crippen molar-refractivity contribution in [2.75, 3.05) is 11.4 Å². The van der Waals surface area contributed by atoms with Gasteiger partial charge in [-0.15, -0.1) is 12.3 Å². The van der Waals surface area contributed by atoms with Gasteiger partial charge in [0.25, 0.3) is 0 Å². The molecule has 1 saturated heterocycles. The van der Waals surface area contributed by atoms with Gasteiger partial charge in [-0.1, -0.05) is 11.6 Å². The van der Waals surface area contributed by atoms with E-state index in [4.69, 9.17) is 23.3 Å². The van der Waals surface area contributed by atoms with E-state index in [2.05, 4.69) is 5.92 Å². The highest BCUT2D eigenvalue weighted by Crippen LogP contribution is 2.31. The fourth-order valence-corrected chi connectivity index (χ4v) is 2.06. The Morgan fingerprint density at radius 2 is 2.29 bits per heavy atom. The summed E-state index contributed by atoms with van der Waals surface area (Å²) in [5, 5.41) is 9.28. The molecule has 1 heterocycles. The Kier molecular flexibility index (Phi) is 3.04. The molecule has 0 radical (unpaired) electrons. The second-order valence-electron chi connectivity index (χ2n) is 3.85. The smallest absolute Gasteiger partial charge is 0.228 e. The molecule has 1 atom stereocenters. The quantitative estimate of drug-likeness (QED) is 0.711. The van der Waals surface area contributed by atoms with Gasteiger partial charge in [-0.05, 0) is 18.2 Å². The van der Waals surface area contributed by atoms with Crippen LogP contribution < -0.4 is 4.90 Å². The monoisotopic (exact) mass is 244 g/mol. The number of anilines is 1. The number of benzene rings is 1. The van der Waals surface area contributed by atoms with E-state index in [1.807, 2.05) is 6.07 Å². The molecule has 1 unspecified atom stereocenters. The molecule has 1 amide bonds. The Balaban J connectivity index is 2.39. The Bertz CT molecular complexity index is 554. The predicted molar refractivity (Wildman–Crippen MR) is 65.5 cm³/mol. The van der Waals surface area contributed by atoms with Gasteiger partial charge in [-0.2, -0.15) is 5.26 Å². The molecule has 2 rings (SSSR count). The molecule has 0 spiro atoms. The summed E-state index contributed by atoms with van der Waals surface area (Å²) in [6, 6.07) is 6.86. The summed E-state index contributed by atoms with van der Waals surface area (Å²) in [5.41, 5.74) is 1.04. The number of hydrogen-bond donors (Lipinski definition) is 0. The average Bonchev–Trinajstić information content (AvgIpc) is 2.71. The zero-order valence-electron chi connectivity index (χ0n) is 8.98. The third-order valence-electron chi connectivity index (χ3n) is 2.73. The number of hydrogen-bond acceptors (Lipinski definition) is 2. The summed E-state index contributed by atoms with van der Waals surface area (Å²) in [6.45, 7) is 0.462. The van der Waals surface area contributed by atoms with Crippen LogP contribution in [-0.2, 0) is 4.79 Å². The van der Waals surface area contributed by atoms with Crippen molar-refractivity contribution in [1.82, 2.24) is 0 Å². The van der Waals surface area contributed by atoms with E-state index in [9.17, 15) is 4.79 Å². The lowest BCUT2D eigenvalue weighted by Crippen LogP contribution is -2.24. The molecule has 0 bridgehead atoms. The third kappa shape index (κ3) is 2.11. The highest BCUT2D eigenvalue weighted by molar-refractivity contribution is 6.34. The van der Waals surface area contributed by atoms with Crippen molar-refractivity contribution in [2.45, 2.75) is 6.42 Å². The van der Waals surface area contributed by atoms with Gasteiger partial charge in [-0.3, -0.25) is 4.79 Å². The van der Waals surface area contributed by atoms with Gasteiger partial charge in [-0.25, -0.2) is 0 Å². The van der Waals surface area contributed by atoms with Crippen molar-refractivity contribution in [3.05, 3.63) is 28.8 Å². The van der Waals surface area contributed by atoms with Crippen LogP contribution in [0.25, 0.3) is 0 Å². The fraction of sp³-hybridized carbons (Fsp3) is 0.231. The van der Waals surface area contributed by atoms with Crippen LogP contribution in [-0.4, -0.2) is 12.5 Å². The first-order chi connectivity index (χ1) is 8.15. The average molecular weight is 245 g/mol. The number of terminal acetylenes is 1. The van der Waals surface area contributed by atoms with E-state index >= 15 is 0 Å². The third-order valence-corrected chi connectivity index (χ3v) is 3.05. The van der Waals surface area contributed by atoms with Gasteiger partial charge >= 0.3 is 0 Å². The van der Waals surface area contributed by atoms with E-state index in [1.165, 1.54) is 0 Å². The molecule has 0 aliphatic carbocycles. The predicted octanol–water partition coefficient (Wildman–Crippen LogP) is 2.20. The molecule has 3 nitrogen and oxygen atoms in total. The Morgan fingerprint density at radius 3 is 2.88 bits per heavy atom. The standard InChI is InChI=1S/C13H9ClN2O/c1-2-9-6-13(17)16(8-9)12-5-10(7-15)3-4-11(12)14/h1,3-5,9H,6,8H2. The van der Waals surface area contributed by atoms with Gasteiger partial charge in [0.05, 0.1) is 22.3 Å². The topological polar surface area (TPSA) is 44.1 Å². The van der Waals surface area contributed by atoms with E-state index in [1.54, 1.807) is 23.1 Å². The summed E-state index contributed by atoms with van der Waals surface area (Å²) in [4.78, 5) is 13.3. The summed E-state index contributed by atoms with van der Waals surface area (Å²) >= 11 is 6.03. The Labute approximate surface area is 105 Å². The number of rotatable bonds is 1. The second kappa shape index (κ2) is 4.49. The molecule has 0 N–H and O–H groups in total. The van der Waals surface area contributed by atoms with Crippen LogP contribution in [0.4, 0.5) is 5.69 Å². The first-order valence-corrected chi connectivity index (χ1v) is 5.49. The lowest BCUT2D eigenvalue weighted by Gasteiger charge is -2.17. The van der Waals surface area contributed by atoms with E-state index in [-0.39, 0.29) is 11.8 Å². The number of halogens is 1. The largest absolute Gasteiger partial charge is 0.310 e. The summed E-state index contributed by atoms with van der Waals surface area (Å²) in [7, 11) is 0. The van der Waals surface area contributed by atoms with Gasteiger partial charge in [0.1, 0.15) is 0 Å². The molecule has 1 fully saturated rings. The molecule has 0 saturated carbocycles. The molecule has 84 valence electrons.